The second-order valence-electron chi connectivity index (χ2n) is 8.33. The second-order valence-corrected chi connectivity index (χ2v) is 9.37. The van der Waals surface area contributed by atoms with Gasteiger partial charge >= 0.3 is 0 Å². The lowest BCUT2D eigenvalue weighted by Crippen LogP contribution is -2.47. The molecule has 1 saturated carbocycles. The monoisotopic (exact) mass is 480 g/mol. The van der Waals surface area contributed by atoms with Gasteiger partial charge in [-0.2, -0.15) is 0 Å². The summed E-state index contributed by atoms with van der Waals surface area (Å²) >= 11 is 1.47. The highest BCUT2D eigenvalue weighted by Crippen LogP contribution is 2.37. The summed E-state index contributed by atoms with van der Waals surface area (Å²) in [6.45, 7) is 2.25. The van der Waals surface area contributed by atoms with Crippen LogP contribution >= 0.6 is 11.3 Å². The van der Waals surface area contributed by atoms with Gasteiger partial charge in [-0.3, -0.25) is 14.5 Å². The maximum Gasteiger partial charge on any atom is 0.248 e. The van der Waals surface area contributed by atoms with E-state index in [2.05, 4.69) is 5.32 Å². The van der Waals surface area contributed by atoms with Crippen LogP contribution < -0.4 is 15.0 Å². The number of amides is 2. The number of carbonyl (C=O) groups excluding carboxylic acids is 2. The summed E-state index contributed by atoms with van der Waals surface area (Å²) in [5.74, 6) is -0.747. The van der Waals surface area contributed by atoms with Crippen LogP contribution in [0.5, 0.6) is 5.75 Å². The van der Waals surface area contributed by atoms with Gasteiger partial charge in [0.15, 0.2) is 0 Å². The summed E-state index contributed by atoms with van der Waals surface area (Å²) in [4.78, 5) is 29.8. The fraction of sp³-hybridized carbons (Fsp3) is 0.333. The number of halogens is 1. The average molecular weight is 481 g/mol. The molecule has 2 amide bonds. The van der Waals surface area contributed by atoms with E-state index in [9.17, 15) is 9.59 Å². The van der Waals surface area contributed by atoms with Crippen LogP contribution in [-0.2, 0) is 16.0 Å². The predicted octanol–water partition coefficient (Wildman–Crippen LogP) is 5.66. The first-order chi connectivity index (χ1) is 16.6. The Morgan fingerprint density at radius 3 is 2.53 bits per heavy atom. The molecule has 0 saturated heterocycles. The number of nitrogens with zero attached hydrogens (tertiary/aromatic N) is 1. The number of rotatable bonds is 9. The Kier molecular flexibility index (Phi) is 7.95. The number of para-hydroxylation sites is 2. The molecule has 0 spiro atoms. The van der Waals surface area contributed by atoms with E-state index in [1.165, 1.54) is 22.3 Å². The van der Waals surface area contributed by atoms with Gasteiger partial charge in [0.1, 0.15) is 17.6 Å². The molecule has 5 nitrogen and oxygen atoms in total. The molecule has 4 rings (SSSR count). The van der Waals surface area contributed by atoms with Crippen molar-refractivity contribution >= 4 is 28.8 Å². The Bertz CT molecular complexity index is 1110. The van der Waals surface area contributed by atoms with Crippen LogP contribution in [0.4, 0.5) is 10.1 Å². The fourth-order valence-electron chi connectivity index (χ4n) is 4.44. The molecule has 1 aromatic heterocycles. The number of thiophene rings is 1. The van der Waals surface area contributed by atoms with Gasteiger partial charge in [-0.05, 0) is 49.4 Å². The highest BCUT2D eigenvalue weighted by molar-refractivity contribution is 7.10. The largest absolute Gasteiger partial charge is 0.492 e. The summed E-state index contributed by atoms with van der Waals surface area (Å²) < 4.78 is 20.9. The number of hydrogen-bond donors (Lipinski definition) is 1. The SMILES string of the molecule is CCOc1ccccc1N(C(=O)Cc1cccs1)C(C(=O)NC1CCCC1)c1ccccc1F. The van der Waals surface area contributed by atoms with Crippen LogP contribution in [0.25, 0.3) is 0 Å². The molecule has 1 aliphatic carbocycles. The number of hydrogen-bond acceptors (Lipinski definition) is 4. The first-order valence-corrected chi connectivity index (χ1v) is 12.6. The zero-order valence-corrected chi connectivity index (χ0v) is 20.0. The van der Waals surface area contributed by atoms with Crippen LogP contribution in [0.2, 0.25) is 0 Å². The quantitative estimate of drug-likeness (QED) is 0.430. The first-order valence-electron chi connectivity index (χ1n) is 11.7. The van der Waals surface area contributed by atoms with Gasteiger partial charge in [-0.25, -0.2) is 4.39 Å². The normalized spacial score (nSPS) is 14.5. The highest BCUT2D eigenvalue weighted by atomic mass is 32.1. The van der Waals surface area contributed by atoms with E-state index in [1.807, 2.05) is 30.5 Å². The van der Waals surface area contributed by atoms with Crippen LogP contribution in [0.3, 0.4) is 0 Å². The standard InChI is InChI=1S/C27H29FN2O3S/c1-2-33-24-16-8-7-15-23(24)30(25(31)18-20-12-9-17-34-20)26(21-13-5-6-14-22(21)28)27(32)29-19-10-3-4-11-19/h5-9,12-17,19,26H,2-4,10-11,18H2,1H3,(H,29,32). The molecule has 3 aromatic rings. The van der Waals surface area contributed by atoms with Crippen molar-refractivity contribution < 1.29 is 18.7 Å². The highest BCUT2D eigenvalue weighted by Gasteiger charge is 2.37. The van der Waals surface area contributed by atoms with Crippen LogP contribution in [-0.4, -0.2) is 24.5 Å². The molecule has 1 unspecified atom stereocenters. The van der Waals surface area contributed by atoms with Gasteiger partial charge < -0.3 is 10.1 Å². The molecule has 34 heavy (non-hydrogen) atoms. The molecule has 0 bridgehead atoms. The van der Waals surface area contributed by atoms with Gasteiger partial charge in [0.2, 0.25) is 11.8 Å². The van der Waals surface area contributed by atoms with Crippen molar-refractivity contribution in [1.29, 1.82) is 0 Å². The van der Waals surface area contributed by atoms with E-state index in [0.717, 1.165) is 30.6 Å². The van der Waals surface area contributed by atoms with E-state index in [4.69, 9.17) is 4.74 Å². The molecule has 1 heterocycles. The number of benzene rings is 2. The minimum absolute atomic E-state index is 0.0261. The molecule has 178 valence electrons. The maximum atomic E-state index is 15.1. The third-order valence-corrected chi connectivity index (χ3v) is 6.88. The van der Waals surface area contributed by atoms with Gasteiger partial charge in [-0.15, -0.1) is 11.3 Å². The molecule has 2 aromatic carbocycles. The predicted molar refractivity (Wildman–Crippen MR) is 133 cm³/mol. The smallest absolute Gasteiger partial charge is 0.248 e. The van der Waals surface area contributed by atoms with Gasteiger partial charge in [0.25, 0.3) is 0 Å². The van der Waals surface area contributed by atoms with E-state index >= 15 is 4.39 Å². The Morgan fingerprint density at radius 1 is 1.09 bits per heavy atom. The van der Waals surface area contributed by atoms with Crippen LogP contribution in [0.15, 0.2) is 66.0 Å². The molecule has 0 radical (unpaired) electrons. The molecule has 1 N–H and O–H groups in total. The maximum absolute atomic E-state index is 15.1. The van der Waals surface area contributed by atoms with Crippen molar-refractivity contribution in [3.8, 4) is 5.75 Å². The fourth-order valence-corrected chi connectivity index (χ4v) is 5.14. The van der Waals surface area contributed by atoms with Crippen LogP contribution in [0, 0.1) is 5.82 Å². The molecule has 7 heteroatoms. The van der Waals surface area contributed by atoms with Gasteiger partial charge in [0.05, 0.1) is 18.7 Å². The zero-order valence-electron chi connectivity index (χ0n) is 19.2. The summed E-state index contributed by atoms with van der Waals surface area (Å²) in [5, 5.41) is 4.99. The van der Waals surface area contributed by atoms with E-state index in [0.29, 0.717) is 18.0 Å². The lowest BCUT2D eigenvalue weighted by atomic mass is 10.0. The summed E-state index contributed by atoms with van der Waals surface area (Å²) in [6, 6.07) is 15.9. The Labute approximate surface area is 203 Å². The van der Waals surface area contributed by atoms with E-state index in [1.54, 1.807) is 36.4 Å². The van der Waals surface area contributed by atoms with Crippen molar-refractivity contribution in [2.24, 2.45) is 0 Å². The molecule has 1 aliphatic rings. The zero-order chi connectivity index (χ0) is 23.9. The summed E-state index contributed by atoms with van der Waals surface area (Å²) in [6.07, 6.45) is 3.95. The summed E-state index contributed by atoms with van der Waals surface area (Å²) in [7, 11) is 0. The lowest BCUT2D eigenvalue weighted by Gasteiger charge is -2.33. The molecular weight excluding hydrogens is 451 g/mol. The molecule has 1 fully saturated rings. The molecular formula is C27H29FN2O3S. The Hall–Kier alpha value is -3.19. The Balaban J connectivity index is 1.82. The van der Waals surface area contributed by atoms with Crippen molar-refractivity contribution in [2.75, 3.05) is 11.5 Å². The van der Waals surface area contributed by atoms with Crippen molar-refractivity contribution in [3.05, 3.63) is 82.3 Å². The third-order valence-electron chi connectivity index (χ3n) is 6.01. The summed E-state index contributed by atoms with van der Waals surface area (Å²) in [5.41, 5.74) is 0.601. The first kappa shape index (κ1) is 24.0. The van der Waals surface area contributed by atoms with Crippen molar-refractivity contribution in [1.82, 2.24) is 5.32 Å². The van der Waals surface area contributed by atoms with Crippen LogP contribution in [0.1, 0.15) is 49.1 Å². The van der Waals surface area contributed by atoms with Crippen molar-refractivity contribution in [2.45, 2.75) is 51.1 Å². The van der Waals surface area contributed by atoms with Crippen molar-refractivity contribution in [3.63, 3.8) is 0 Å². The second kappa shape index (κ2) is 11.3. The molecule has 0 aliphatic heterocycles. The Morgan fingerprint density at radius 2 is 1.82 bits per heavy atom. The lowest BCUT2D eigenvalue weighted by molar-refractivity contribution is -0.127. The topological polar surface area (TPSA) is 58.6 Å². The number of ether oxygens (including phenoxy) is 1. The van der Waals surface area contributed by atoms with E-state index < -0.39 is 11.9 Å². The minimum atomic E-state index is -1.17. The third kappa shape index (κ3) is 5.47. The number of carbonyl (C=O) groups is 2. The van der Waals surface area contributed by atoms with Gasteiger partial charge in [-0.1, -0.05) is 49.2 Å². The number of anilines is 1. The van der Waals surface area contributed by atoms with Gasteiger partial charge in [0, 0.05) is 16.5 Å². The minimum Gasteiger partial charge on any atom is -0.492 e. The number of nitrogens with one attached hydrogen (secondary N) is 1. The average Bonchev–Trinajstić information content (AvgIpc) is 3.53. The van der Waals surface area contributed by atoms with E-state index in [-0.39, 0.29) is 29.8 Å². The molecule has 1 atom stereocenters.